The highest BCUT2D eigenvalue weighted by atomic mass is 16.4. The van der Waals surface area contributed by atoms with Crippen LogP contribution in [-0.4, -0.2) is 34.7 Å². The predicted octanol–water partition coefficient (Wildman–Crippen LogP) is 2.40. The van der Waals surface area contributed by atoms with E-state index in [2.05, 4.69) is 0 Å². The summed E-state index contributed by atoms with van der Waals surface area (Å²) in [6.45, 7) is 1.01. The van der Waals surface area contributed by atoms with Gasteiger partial charge in [-0.25, -0.2) is 4.79 Å². The quantitative estimate of drug-likeness (QED) is 0.883. The number of carboxylic acid groups (broad SMARTS) is 1. The number of nitrogens with zero attached hydrogens (tertiary/aromatic N) is 1. The zero-order valence-electron chi connectivity index (χ0n) is 12.4. The second kappa shape index (κ2) is 6.04. The average Bonchev–Trinajstić information content (AvgIpc) is 2.60. The van der Waals surface area contributed by atoms with Crippen LogP contribution < -0.4 is 0 Å². The first-order chi connectivity index (χ1) is 11.1. The molecule has 1 aliphatic rings. The third-order valence-corrected chi connectivity index (χ3v) is 4.08. The molecule has 0 atom stereocenters. The van der Waals surface area contributed by atoms with E-state index in [4.69, 9.17) is 5.11 Å². The molecule has 0 unspecified atom stereocenters. The summed E-state index contributed by atoms with van der Waals surface area (Å²) in [4.78, 5) is 36.7. The number of carbonyl (C=O) groups is 3. The minimum absolute atomic E-state index is 0.00337. The molecule has 2 aromatic rings. The van der Waals surface area contributed by atoms with Gasteiger partial charge < -0.3 is 10.0 Å². The maximum absolute atomic E-state index is 12.7. The Morgan fingerprint density at radius 2 is 1.83 bits per heavy atom. The van der Waals surface area contributed by atoms with Gasteiger partial charge in [0.1, 0.15) is 0 Å². The zero-order valence-corrected chi connectivity index (χ0v) is 12.4. The van der Waals surface area contributed by atoms with Gasteiger partial charge in [0, 0.05) is 18.7 Å². The molecule has 5 heteroatoms. The van der Waals surface area contributed by atoms with E-state index < -0.39 is 5.97 Å². The first kappa shape index (κ1) is 15.0. The van der Waals surface area contributed by atoms with Crippen LogP contribution in [0.2, 0.25) is 0 Å². The van der Waals surface area contributed by atoms with Crippen molar-refractivity contribution in [2.24, 2.45) is 0 Å². The number of rotatable bonds is 3. The van der Waals surface area contributed by atoms with Crippen LogP contribution >= 0.6 is 0 Å². The van der Waals surface area contributed by atoms with E-state index in [9.17, 15) is 14.4 Å². The highest BCUT2D eigenvalue weighted by Crippen LogP contribution is 2.21. The van der Waals surface area contributed by atoms with Gasteiger partial charge in [0.15, 0.2) is 6.29 Å². The van der Waals surface area contributed by atoms with Gasteiger partial charge in [0.2, 0.25) is 0 Å². The first-order valence-electron chi connectivity index (χ1n) is 7.28. The van der Waals surface area contributed by atoms with Crippen molar-refractivity contribution in [1.82, 2.24) is 4.90 Å². The van der Waals surface area contributed by atoms with Crippen molar-refractivity contribution >= 4 is 18.2 Å². The third kappa shape index (κ3) is 2.85. The largest absolute Gasteiger partial charge is 0.478 e. The molecule has 0 spiro atoms. The highest BCUT2D eigenvalue weighted by molar-refractivity contribution is 6.03. The number of fused-ring (bicyclic) bond motifs is 1. The van der Waals surface area contributed by atoms with Crippen LogP contribution in [0, 0.1) is 0 Å². The van der Waals surface area contributed by atoms with Crippen molar-refractivity contribution in [2.75, 3.05) is 6.54 Å². The van der Waals surface area contributed by atoms with E-state index in [1.807, 2.05) is 24.3 Å². The monoisotopic (exact) mass is 309 g/mol. The standard InChI is InChI=1S/C18H15NO4/c20-11-15-6-5-13(18(22)23)9-16(15)17(21)19-8-7-12-3-1-2-4-14(12)10-19/h1-6,9,11H,7-8,10H2,(H,22,23). The van der Waals surface area contributed by atoms with E-state index in [1.165, 1.54) is 23.8 Å². The lowest BCUT2D eigenvalue weighted by Crippen LogP contribution is -2.36. The van der Waals surface area contributed by atoms with Crippen LogP contribution in [-0.2, 0) is 13.0 Å². The van der Waals surface area contributed by atoms with Crippen LogP contribution in [0.4, 0.5) is 0 Å². The lowest BCUT2D eigenvalue weighted by molar-refractivity contribution is 0.0696. The lowest BCUT2D eigenvalue weighted by atomic mass is 9.98. The molecule has 1 aliphatic heterocycles. The number of benzene rings is 2. The summed E-state index contributed by atoms with van der Waals surface area (Å²) in [5.74, 6) is -1.44. The van der Waals surface area contributed by atoms with Crippen LogP contribution in [0.5, 0.6) is 0 Å². The second-order valence-electron chi connectivity index (χ2n) is 5.47. The number of carboxylic acids is 1. The molecule has 2 aromatic carbocycles. The normalized spacial score (nSPS) is 13.3. The number of aldehydes is 1. The molecule has 3 rings (SSSR count). The van der Waals surface area contributed by atoms with Gasteiger partial charge in [-0.15, -0.1) is 0 Å². The maximum atomic E-state index is 12.7. The van der Waals surface area contributed by atoms with Gasteiger partial charge in [-0.3, -0.25) is 9.59 Å². The summed E-state index contributed by atoms with van der Waals surface area (Å²) < 4.78 is 0. The van der Waals surface area contributed by atoms with Crippen molar-refractivity contribution in [3.05, 3.63) is 70.3 Å². The summed E-state index contributed by atoms with van der Waals surface area (Å²) in [5, 5.41) is 9.08. The zero-order chi connectivity index (χ0) is 16.4. The summed E-state index contributed by atoms with van der Waals surface area (Å²) in [5.41, 5.74) is 2.63. The fourth-order valence-electron chi connectivity index (χ4n) is 2.82. The van der Waals surface area contributed by atoms with Gasteiger partial charge in [-0.1, -0.05) is 30.3 Å². The molecule has 0 fully saturated rings. The van der Waals surface area contributed by atoms with Crippen LogP contribution in [0.25, 0.3) is 0 Å². The molecule has 0 saturated carbocycles. The number of carbonyl (C=O) groups excluding carboxylic acids is 2. The Morgan fingerprint density at radius 1 is 1.09 bits per heavy atom. The van der Waals surface area contributed by atoms with Crippen molar-refractivity contribution in [2.45, 2.75) is 13.0 Å². The molecular formula is C18H15NO4. The number of hydrogen-bond acceptors (Lipinski definition) is 3. The highest BCUT2D eigenvalue weighted by Gasteiger charge is 2.24. The molecule has 0 aliphatic carbocycles. The SMILES string of the molecule is O=Cc1ccc(C(=O)O)cc1C(=O)N1CCc2ccccc2C1. The fraction of sp³-hybridized carbons (Fsp3) is 0.167. The molecule has 1 heterocycles. The Morgan fingerprint density at radius 3 is 2.52 bits per heavy atom. The van der Waals surface area contributed by atoms with Crippen molar-refractivity contribution in [3.8, 4) is 0 Å². The van der Waals surface area contributed by atoms with Crippen molar-refractivity contribution in [1.29, 1.82) is 0 Å². The van der Waals surface area contributed by atoms with Crippen LogP contribution in [0.15, 0.2) is 42.5 Å². The minimum Gasteiger partial charge on any atom is -0.478 e. The molecule has 23 heavy (non-hydrogen) atoms. The van der Waals surface area contributed by atoms with E-state index in [0.29, 0.717) is 19.4 Å². The molecule has 0 radical (unpaired) electrons. The Bertz CT molecular complexity index is 797. The second-order valence-corrected chi connectivity index (χ2v) is 5.47. The molecule has 5 nitrogen and oxygen atoms in total. The topological polar surface area (TPSA) is 74.7 Å². The number of hydrogen-bond donors (Lipinski definition) is 1. The van der Waals surface area contributed by atoms with Gasteiger partial charge in [0.05, 0.1) is 11.1 Å². The van der Waals surface area contributed by atoms with Crippen molar-refractivity contribution in [3.63, 3.8) is 0 Å². The van der Waals surface area contributed by atoms with E-state index in [0.717, 1.165) is 12.0 Å². The fourth-order valence-corrected chi connectivity index (χ4v) is 2.82. The Balaban J connectivity index is 1.93. The molecule has 0 bridgehead atoms. The smallest absolute Gasteiger partial charge is 0.335 e. The van der Waals surface area contributed by atoms with Crippen LogP contribution in [0.1, 0.15) is 42.2 Å². The summed E-state index contributed by atoms with van der Waals surface area (Å²) in [6.07, 6.45) is 1.33. The molecule has 1 N–H and O–H groups in total. The summed E-state index contributed by atoms with van der Waals surface area (Å²) in [6, 6.07) is 11.9. The van der Waals surface area contributed by atoms with E-state index >= 15 is 0 Å². The first-order valence-corrected chi connectivity index (χ1v) is 7.28. The number of aromatic carboxylic acids is 1. The predicted molar refractivity (Wildman–Crippen MR) is 83.7 cm³/mol. The third-order valence-electron chi connectivity index (χ3n) is 4.08. The minimum atomic E-state index is -1.12. The van der Waals surface area contributed by atoms with Crippen LogP contribution in [0.3, 0.4) is 0 Å². The van der Waals surface area contributed by atoms with Crippen molar-refractivity contribution < 1.29 is 19.5 Å². The maximum Gasteiger partial charge on any atom is 0.335 e. The van der Waals surface area contributed by atoms with Gasteiger partial charge in [-0.2, -0.15) is 0 Å². The van der Waals surface area contributed by atoms with E-state index in [1.54, 1.807) is 4.90 Å². The molecular weight excluding hydrogens is 294 g/mol. The molecule has 0 aromatic heterocycles. The van der Waals surface area contributed by atoms with Gasteiger partial charge in [0.25, 0.3) is 5.91 Å². The van der Waals surface area contributed by atoms with E-state index in [-0.39, 0.29) is 22.6 Å². The van der Waals surface area contributed by atoms with Gasteiger partial charge in [-0.05, 0) is 29.7 Å². The Hall–Kier alpha value is -2.95. The van der Waals surface area contributed by atoms with Gasteiger partial charge >= 0.3 is 5.97 Å². The average molecular weight is 309 g/mol. The number of amides is 1. The molecule has 0 saturated heterocycles. The molecule has 116 valence electrons. The summed E-state index contributed by atoms with van der Waals surface area (Å²) >= 11 is 0. The molecule has 1 amide bonds. The Kier molecular flexibility index (Phi) is 3.93. The summed E-state index contributed by atoms with van der Waals surface area (Å²) in [7, 11) is 0. The Labute approximate surface area is 133 Å². The lowest BCUT2D eigenvalue weighted by Gasteiger charge is -2.29.